The van der Waals surface area contributed by atoms with Crippen molar-refractivity contribution in [3.63, 3.8) is 0 Å². The molecular formula is C13H28N2S. The van der Waals surface area contributed by atoms with Crippen LogP contribution in [0.2, 0.25) is 0 Å². The minimum Gasteiger partial charge on any atom is -0.393 e. The van der Waals surface area contributed by atoms with E-state index in [0.717, 1.165) is 13.1 Å². The molecular weight excluding hydrogens is 216 g/mol. The second-order valence-corrected chi connectivity index (χ2v) is 5.08. The zero-order valence-electron chi connectivity index (χ0n) is 11.2. The molecule has 0 spiro atoms. The molecule has 2 N–H and O–H groups in total. The summed E-state index contributed by atoms with van der Waals surface area (Å²) in [6.45, 7) is 9.87. The SMILES string of the molecule is CCCCCCCN(CC)CC(C)C(N)=S. The van der Waals surface area contributed by atoms with Gasteiger partial charge in [-0.2, -0.15) is 0 Å². The van der Waals surface area contributed by atoms with E-state index in [1.54, 1.807) is 0 Å². The monoisotopic (exact) mass is 244 g/mol. The van der Waals surface area contributed by atoms with Crippen LogP contribution in [-0.2, 0) is 0 Å². The molecule has 1 atom stereocenters. The molecule has 1 unspecified atom stereocenters. The van der Waals surface area contributed by atoms with Gasteiger partial charge >= 0.3 is 0 Å². The first-order chi connectivity index (χ1) is 7.61. The Morgan fingerprint density at radius 3 is 2.31 bits per heavy atom. The summed E-state index contributed by atoms with van der Waals surface area (Å²) in [6.07, 6.45) is 6.72. The molecule has 0 radical (unpaired) electrons. The Hall–Kier alpha value is -0.150. The van der Waals surface area contributed by atoms with Crippen LogP contribution in [0.4, 0.5) is 0 Å². The van der Waals surface area contributed by atoms with Gasteiger partial charge in [0, 0.05) is 12.5 Å². The predicted octanol–water partition coefficient (Wildman–Crippen LogP) is 3.20. The summed E-state index contributed by atoms with van der Waals surface area (Å²) in [5.41, 5.74) is 5.64. The molecule has 0 bridgehead atoms. The summed E-state index contributed by atoms with van der Waals surface area (Å²) in [5, 5.41) is 0. The molecule has 0 aromatic rings. The first-order valence-electron chi connectivity index (χ1n) is 6.63. The molecule has 96 valence electrons. The molecule has 0 rings (SSSR count). The molecule has 0 aromatic heterocycles. The highest BCUT2D eigenvalue weighted by Crippen LogP contribution is 2.06. The lowest BCUT2D eigenvalue weighted by Gasteiger charge is -2.23. The molecule has 0 saturated heterocycles. The maximum atomic E-state index is 5.64. The van der Waals surface area contributed by atoms with Crippen LogP contribution < -0.4 is 5.73 Å². The highest BCUT2D eigenvalue weighted by Gasteiger charge is 2.10. The van der Waals surface area contributed by atoms with Gasteiger partial charge in [-0.05, 0) is 19.5 Å². The fraction of sp³-hybridized carbons (Fsp3) is 0.923. The molecule has 0 aliphatic carbocycles. The van der Waals surface area contributed by atoms with Crippen molar-refractivity contribution in [2.75, 3.05) is 19.6 Å². The predicted molar refractivity (Wildman–Crippen MR) is 76.8 cm³/mol. The Balaban J connectivity index is 3.62. The van der Waals surface area contributed by atoms with E-state index in [1.807, 2.05) is 0 Å². The van der Waals surface area contributed by atoms with Crippen molar-refractivity contribution < 1.29 is 0 Å². The van der Waals surface area contributed by atoms with E-state index in [1.165, 1.54) is 38.6 Å². The Labute approximate surface area is 107 Å². The minimum atomic E-state index is 0.339. The van der Waals surface area contributed by atoms with Crippen LogP contribution in [0.1, 0.15) is 52.9 Å². The number of hydrogen-bond donors (Lipinski definition) is 1. The lowest BCUT2D eigenvalue weighted by Crippen LogP contribution is -2.34. The van der Waals surface area contributed by atoms with Gasteiger partial charge in [0.1, 0.15) is 0 Å². The van der Waals surface area contributed by atoms with Gasteiger partial charge in [0.05, 0.1) is 4.99 Å². The third-order valence-electron chi connectivity index (χ3n) is 3.04. The van der Waals surface area contributed by atoms with E-state index >= 15 is 0 Å². The van der Waals surface area contributed by atoms with Crippen molar-refractivity contribution in [1.82, 2.24) is 4.90 Å². The maximum Gasteiger partial charge on any atom is 0.0768 e. The molecule has 2 nitrogen and oxygen atoms in total. The number of nitrogens with zero attached hydrogens (tertiary/aromatic N) is 1. The zero-order chi connectivity index (χ0) is 12.4. The molecule has 3 heteroatoms. The van der Waals surface area contributed by atoms with E-state index in [0.29, 0.717) is 10.9 Å². The normalized spacial score (nSPS) is 13.0. The van der Waals surface area contributed by atoms with E-state index in [2.05, 4.69) is 25.7 Å². The van der Waals surface area contributed by atoms with E-state index in [9.17, 15) is 0 Å². The van der Waals surface area contributed by atoms with Gasteiger partial charge in [0.15, 0.2) is 0 Å². The summed E-state index contributed by atoms with van der Waals surface area (Å²) in [4.78, 5) is 3.10. The second-order valence-electron chi connectivity index (χ2n) is 4.61. The van der Waals surface area contributed by atoms with E-state index in [-0.39, 0.29) is 0 Å². The number of unbranched alkanes of at least 4 members (excludes halogenated alkanes) is 4. The van der Waals surface area contributed by atoms with Gasteiger partial charge in [0.25, 0.3) is 0 Å². The zero-order valence-corrected chi connectivity index (χ0v) is 12.0. The van der Waals surface area contributed by atoms with Gasteiger partial charge < -0.3 is 10.6 Å². The maximum absolute atomic E-state index is 5.64. The second kappa shape index (κ2) is 10.0. The number of nitrogens with two attached hydrogens (primary N) is 1. The number of hydrogen-bond acceptors (Lipinski definition) is 2. The summed E-state index contributed by atoms with van der Waals surface area (Å²) in [6, 6.07) is 0. The summed E-state index contributed by atoms with van der Waals surface area (Å²) in [7, 11) is 0. The highest BCUT2D eigenvalue weighted by molar-refractivity contribution is 7.80. The Morgan fingerprint density at radius 2 is 1.81 bits per heavy atom. The van der Waals surface area contributed by atoms with Crippen molar-refractivity contribution in [2.24, 2.45) is 11.7 Å². The summed E-state index contributed by atoms with van der Waals surface area (Å²) in [5.74, 6) is 0.339. The van der Waals surface area contributed by atoms with Crippen LogP contribution in [0.5, 0.6) is 0 Å². The molecule has 0 aliphatic heterocycles. The van der Waals surface area contributed by atoms with Crippen LogP contribution in [0, 0.1) is 5.92 Å². The Morgan fingerprint density at radius 1 is 1.19 bits per heavy atom. The van der Waals surface area contributed by atoms with Crippen molar-refractivity contribution in [3.8, 4) is 0 Å². The number of rotatable bonds is 10. The average molecular weight is 244 g/mol. The van der Waals surface area contributed by atoms with Crippen LogP contribution in [-0.4, -0.2) is 29.5 Å². The summed E-state index contributed by atoms with van der Waals surface area (Å²) < 4.78 is 0. The average Bonchev–Trinajstić information content (AvgIpc) is 2.26. The van der Waals surface area contributed by atoms with Crippen LogP contribution in [0.15, 0.2) is 0 Å². The number of thiocarbonyl (C=S) groups is 1. The fourth-order valence-electron chi connectivity index (χ4n) is 1.79. The first kappa shape index (κ1) is 15.9. The van der Waals surface area contributed by atoms with Gasteiger partial charge in [-0.3, -0.25) is 0 Å². The van der Waals surface area contributed by atoms with Crippen LogP contribution >= 0.6 is 12.2 Å². The van der Waals surface area contributed by atoms with E-state index < -0.39 is 0 Å². The largest absolute Gasteiger partial charge is 0.393 e. The molecule has 0 heterocycles. The lowest BCUT2D eigenvalue weighted by molar-refractivity contribution is 0.265. The van der Waals surface area contributed by atoms with Crippen molar-refractivity contribution in [1.29, 1.82) is 0 Å². The van der Waals surface area contributed by atoms with Crippen molar-refractivity contribution >= 4 is 17.2 Å². The van der Waals surface area contributed by atoms with Crippen LogP contribution in [0.3, 0.4) is 0 Å². The quantitative estimate of drug-likeness (QED) is 0.473. The smallest absolute Gasteiger partial charge is 0.0768 e. The highest BCUT2D eigenvalue weighted by atomic mass is 32.1. The molecule has 0 aromatic carbocycles. The standard InChI is InChI=1S/C13H28N2S/c1-4-6-7-8-9-10-15(5-2)11-12(3)13(14)16/h12H,4-11H2,1-3H3,(H2,14,16). The third-order valence-corrected chi connectivity index (χ3v) is 3.45. The topological polar surface area (TPSA) is 29.3 Å². The first-order valence-corrected chi connectivity index (χ1v) is 7.04. The van der Waals surface area contributed by atoms with Crippen LogP contribution in [0.25, 0.3) is 0 Å². The van der Waals surface area contributed by atoms with Crippen molar-refractivity contribution in [3.05, 3.63) is 0 Å². The molecule has 0 fully saturated rings. The van der Waals surface area contributed by atoms with Gasteiger partial charge in [-0.1, -0.05) is 58.7 Å². The lowest BCUT2D eigenvalue weighted by atomic mass is 10.1. The summed E-state index contributed by atoms with van der Waals surface area (Å²) >= 11 is 5.01. The van der Waals surface area contributed by atoms with Gasteiger partial charge in [0.2, 0.25) is 0 Å². The molecule has 0 saturated carbocycles. The third kappa shape index (κ3) is 8.05. The van der Waals surface area contributed by atoms with Gasteiger partial charge in [-0.15, -0.1) is 0 Å². The molecule has 0 aliphatic rings. The van der Waals surface area contributed by atoms with E-state index in [4.69, 9.17) is 18.0 Å². The Kier molecular flexibility index (Phi) is 9.94. The van der Waals surface area contributed by atoms with Crippen molar-refractivity contribution in [2.45, 2.75) is 52.9 Å². The Bertz CT molecular complexity index is 183. The molecule has 0 amide bonds. The fourth-order valence-corrected chi connectivity index (χ4v) is 1.87. The molecule has 16 heavy (non-hydrogen) atoms. The van der Waals surface area contributed by atoms with Gasteiger partial charge in [-0.25, -0.2) is 0 Å². The minimum absolute atomic E-state index is 0.339.